The van der Waals surface area contributed by atoms with Gasteiger partial charge in [-0.25, -0.2) is 0 Å². The molecule has 0 aliphatic heterocycles. The lowest BCUT2D eigenvalue weighted by Gasteiger charge is -2.11. The third kappa shape index (κ3) is 3.79. The fourth-order valence-corrected chi connectivity index (χ4v) is 6.88. The molecule has 0 bridgehead atoms. The van der Waals surface area contributed by atoms with Crippen LogP contribution in [0.5, 0.6) is 0 Å². The SMILES string of the molecule is c1ccc(-n2c3ccccc3c3cc(-c4ccc(-c5cccc6cc7c(ccc8ccccc87)cc56)cc4)ccc32)cc1. The molecular weight excluding hydrogens is 518 g/mol. The van der Waals surface area contributed by atoms with Crippen LogP contribution in [-0.4, -0.2) is 4.57 Å². The van der Waals surface area contributed by atoms with Crippen molar-refractivity contribution in [1.29, 1.82) is 0 Å². The van der Waals surface area contributed by atoms with E-state index >= 15 is 0 Å². The molecular formula is C42H27N. The lowest BCUT2D eigenvalue weighted by molar-refractivity contribution is 1.18. The second kappa shape index (κ2) is 9.44. The zero-order chi connectivity index (χ0) is 28.3. The second-order valence-corrected chi connectivity index (χ2v) is 11.4. The van der Waals surface area contributed by atoms with E-state index in [2.05, 4.69) is 168 Å². The van der Waals surface area contributed by atoms with E-state index < -0.39 is 0 Å². The van der Waals surface area contributed by atoms with E-state index in [9.17, 15) is 0 Å². The lowest BCUT2D eigenvalue weighted by Crippen LogP contribution is -1.92. The van der Waals surface area contributed by atoms with E-state index in [0.29, 0.717) is 0 Å². The molecule has 0 atom stereocenters. The van der Waals surface area contributed by atoms with Gasteiger partial charge in [0.1, 0.15) is 0 Å². The predicted octanol–water partition coefficient (Wildman–Crippen LogP) is 11.6. The number of hydrogen-bond acceptors (Lipinski definition) is 0. The number of fused-ring (bicyclic) bond motifs is 7. The first kappa shape index (κ1) is 24.0. The molecule has 200 valence electrons. The van der Waals surface area contributed by atoms with Crippen molar-refractivity contribution < 1.29 is 0 Å². The van der Waals surface area contributed by atoms with Crippen LogP contribution in [0.3, 0.4) is 0 Å². The molecule has 0 aliphatic carbocycles. The standard InChI is InChI=1S/C42H27N/c1-2-11-34(12-3-1)43-41-16-7-6-14-37(41)40-25-31(23-24-42(40)43)28-17-19-30(20-18-28)36-15-8-10-32-26-39-33(27-38(32)36)22-21-29-9-4-5-13-35(29)39/h1-27H. The molecule has 0 fully saturated rings. The molecule has 1 nitrogen and oxygen atoms in total. The van der Waals surface area contributed by atoms with Gasteiger partial charge in [-0.15, -0.1) is 0 Å². The van der Waals surface area contributed by atoms with E-state index in [0.717, 1.165) is 0 Å². The molecule has 1 aromatic heterocycles. The van der Waals surface area contributed by atoms with Gasteiger partial charge in [-0.2, -0.15) is 0 Å². The number of aromatic nitrogens is 1. The molecule has 43 heavy (non-hydrogen) atoms. The first-order chi connectivity index (χ1) is 21.3. The van der Waals surface area contributed by atoms with Crippen molar-refractivity contribution in [3.8, 4) is 27.9 Å². The minimum Gasteiger partial charge on any atom is -0.309 e. The largest absolute Gasteiger partial charge is 0.309 e. The average Bonchev–Trinajstić information content (AvgIpc) is 3.41. The van der Waals surface area contributed by atoms with E-state index in [1.54, 1.807) is 0 Å². The van der Waals surface area contributed by atoms with Gasteiger partial charge in [0, 0.05) is 16.5 Å². The first-order valence-corrected chi connectivity index (χ1v) is 14.9. The van der Waals surface area contributed by atoms with Gasteiger partial charge in [-0.3, -0.25) is 0 Å². The minimum absolute atomic E-state index is 1.18. The van der Waals surface area contributed by atoms with Crippen LogP contribution in [0.15, 0.2) is 164 Å². The molecule has 0 amide bonds. The molecule has 0 aliphatic rings. The van der Waals surface area contributed by atoms with Crippen LogP contribution >= 0.6 is 0 Å². The van der Waals surface area contributed by atoms with Crippen molar-refractivity contribution in [1.82, 2.24) is 4.57 Å². The molecule has 0 saturated heterocycles. The Kier molecular flexibility index (Phi) is 5.27. The summed E-state index contributed by atoms with van der Waals surface area (Å²) in [5.41, 5.74) is 8.58. The highest BCUT2D eigenvalue weighted by Gasteiger charge is 2.13. The van der Waals surface area contributed by atoms with Crippen molar-refractivity contribution in [3.05, 3.63) is 164 Å². The van der Waals surface area contributed by atoms with E-state index in [1.165, 1.54) is 82.1 Å². The van der Waals surface area contributed by atoms with Crippen LogP contribution in [0.1, 0.15) is 0 Å². The molecule has 1 heteroatoms. The summed E-state index contributed by atoms with van der Waals surface area (Å²) in [6.45, 7) is 0. The van der Waals surface area contributed by atoms with Gasteiger partial charge in [0.15, 0.2) is 0 Å². The fraction of sp³-hybridized carbons (Fsp3) is 0. The van der Waals surface area contributed by atoms with Gasteiger partial charge in [0.25, 0.3) is 0 Å². The van der Waals surface area contributed by atoms with Gasteiger partial charge in [-0.1, -0.05) is 121 Å². The van der Waals surface area contributed by atoms with E-state index in [1.807, 2.05) is 0 Å². The highest BCUT2D eigenvalue weighted by atomic mass is 15.0. The van der Waals surface area contributed by atoms with Crippen molar-refractivity contribution in [2.45, 2.75) is 0 Å². The molecule has 0 spiro atoms. The van der Waals surface area contributed by atoms with Crippen LogP contribution in [0.2, 0.25) is 0 Å². The Balaban J connectivity index is 1.15. The molecule has 1 heterocycles. The van der Waals surface area contributed by atoms with Gasteiger partial charge in [0.2, 0.25) is 0 Å². The summed E-state index contributed by atoms with van der Waals surface area (Å²) < 4.78 is 2.37. The van der Waals surface area contributed by atoms with Crippen LogP contribution < -0.4 is 0 Å². The summed E-state index contributed by atoms with van der Waals surface area (Å²) in [6, 6.07) is 59.8. The van der Waals surface area contributed by atoms with Crippen molar-refractivity contribution in [3.63, 3.8) is 0 Å². The molecule has 0 unspecified atom stereocenters. The smallest absolute Gasteiger partial charge is 0.0541 e. The van der Waals surface area contributed by atoms with Crippen LogP contribution in [0.4, 0.5) is 0 Å². The Labute approximate surface area is 249 Å². The predicted molar refractivity (Wildman–Crippen MR) is 184 cm³/mol. The summed E-state index contributed by atoms with van der Waals surface area (Å²) in [7, 11) is 0. The van der Waals surface area contributed by atoms with Gasteiger partial charge in [-0.05, 0) is 97.0 Å². The number of para-hydroxylation sites is 2. The number of nitrogens with zero attached hydrogens (tertiary/aromatic N) is 1. The Morgan fingerprint density at radius 2 is 0.930 bits per heavy atom. The van der Waals surface area contributed by atoms with Crippen molar-refractivity contribution in [2.24, 2.45) is 0 Å². The maximum atomic E-state index is 2.37. The number of rotatable bonds is 3. The lowest BCUT2D eigenvalue weighted by atomic mass is 9.93. The van der Waals surface area contributed by atoms with Gasteiger partial charge < -0.3 is 4.57 Å². The monoisotopic (exact) mass is 545 g/mol. The normalized spacial score (nSPS) is 11.7. The van der Waals surface area contributed by atoms with Crippen LogP contribution in [0.25, 0.3) is 82.1 Å². The summed E-state index contributed by atoms with van der Waals surface area (Å²) in [4.78, 5) is 0. The molecule has 0 saturated carbocycles. The average molecular weight is 546 g/mol. The molecule has 9 rings (SSSR count). The fourth-order valence-electron chi connectivity index (χ4n) is 6.88. The highest BCUT2D eigenvalue weighted by molar-refractivity contribution is 6.14. The van der Waals surface area contributed by atoms with Gasteiger partial charge >= 0.3 is 0 Å². The Hall–Kier alpha value is -5.66. The maximum Gasteiger partial charge on any atom is 0.0541 e. The Morgan fingerprint density at radius 1 is 0.302 bits per heavy atom. The summed E-state index contributed by atoms with van der Waals surface area (Å²) in [5, 5.41) is 10.3. The van der Waals surface area contributed by atoms with Crippen molar-refractivity contribution >= 4 is 54.1 Å². The molecule has 9 aromatic rings. The van der Waals surface area contributed by atoms with Crippen molar-refractivity contribution in [2.75, 3.05) is 0 Å². The molecule has 0 radical (unpaired) electrons. The third-order valence-electron chi connectivity index (χ3n) is 8.96. The van der Waals surface area contributed by atoms with E-state index in [-0.39, 0.29) is 0 Å². The first-order valence-electron chi connectivity index (χ1n) is 14.9. The quantitative estimate of drug-likeness (QED) is 0.154. The zero-order valence-electron chi connectivity index (χ0n) is 23.5. The second-order valence-electron chi connectivity index (χ2n) is 11.4. The van der Waals surface area contributed by atoms with Crippen LogP contribution in [-0.2, 0) is 0 Å². The third-order valence-corrected chi connectivity index (χ3v) is 8.96. The maximum absolute atomic E-state index is 2.37. The summed E-state index contributed by atoms with van der Waals surface area (Å²) >= 11 is 0. The molecule has 0 N–H and O–H groups in total. The topological polar surface area (TPSA) is 4.93 Å². The van der Waals surface area contributed by atoms with Crippen LogP contribution in [0, 0.1) is 0 Å². The number of benzene rings is 8. The van der Waals surface area contributed by atoms with E-state index in [4.69, 9.17) is 0 Å². The minimum atomic E-state index is 1.18. The number of hydrogen-bond donors (Lipinski definition) is 0. The zero-order valence-corrected chi connectivity index (χ0v) is 23.5. The Morgan fingerprint density at radius 3 is 1.81 bits per heavy atom. The summed E-state index contributed by atoms with van der Waals surface area (Å²) in [5.74, 6) is 0. The molecule has 8 aromatic carbocycles. The van der Waals surface area contributed by atoms with Gasteiger partial charge in [0.05, 0.1) is 11.0 Å². The summed E-state index contributed by atoms with van der Waals surface area (Å²) in [6.07, 6.45) is 0. The highest BCUT2D eigenvalue weighted by Crippen LogP contribution is 2.37. The Bertz CT molecular complexity index is 2480.